The molecule has 1 aromatic rings. The van der Waals surface area contributed by atoms with Crippen LogP contribution in [0.5, 0.6) is 0 Å². The van der Waals surface area contributed by atoms with Crippen LogP contribution in [0, 0.1) is 0 Å². The van der Waals surface area contributed by atoms with Gasteiger partial charge in [0, 0.05) is 17.8 Å². The van der Waals surface area contributed by atoms with Crippen LogP contribution in [0.15, 0.2) is 18.2 Å². The molecule has 0 atom stereocenters. The number of anilines is 1. The van der Waals surface area contributed by atoms with Gasteiger partial charge in [-0.25, -0.2) is 0 Å². The van der Waals surface area contributed by atoms with Gasteiger partial charge in [-0.05, 0) is 67.2 Å². The molecule has 3 N–H and O–H groups in total. The van der Waals surface area contributed by atoms with Crippen molar-refractivity contribution in [1.82, 2.24) is 0 Å². The van der Waals surface area contributed by atoms with E-state index in [4.69, 9.17) is 5.73 Å². The average molecular weight is 258 g/mol. The average Bonchev–Trinajstić information content (AvgIpc) is 2.68. The molecule has 0 aliphatic heterocycles. The Hall–Kier alpha value is -1.02. The van der Waals surface area contributed by atoms with Crippen molar-refractivity contribution in [2.45, 2.75) is 69.9 Å². The molecule has 0 saturated heterocycles. The van der Waals surface area contributed by atoms with Crippen molar-refractivity contribution in [3.05, 3.63) is 29.3 Å². The summed E-state index contributed by atoms with van der Waals surface area (Å²) in [7, 11) is 0. The van der Waals surface area contributed by atoms with E-state index in [2.05, 4.69) is 37.4 Å². The smallest absolute Gasteiger partial charge is 0.0345 e. The molecule has 19 heavy (non-hydrogen) atoms. The third-order valence-electron chi connectivity index (χ3n) is 5.00. The number of fused-ring (bicyclic) bond motifs is 1. The number of hydrogen-bond donors (Lipinski definition) is 2. The molecule has 2 heteroatoms. The van der Waals surface area contributed by atoms with Crippen molar-refractivity contribution >= 4 is 5.69 Å². The van der Waals surface area contributed by atoms with E-state index in [0.717, 1.165) is 12.8 Å². The molecule has 2 aliphatic carbocycles. The van der Waals surface area contributed by atoms with E-state index in [1.54, 1.807) is 11.1 Å². The zero-order valence-electron chi connectivity index (χ0n) is 12.2. The predicted molar refractivity (Wildman–Crippen MR) is 81.6 cm³/mol. The van der Waals surface area contributed by atoms with Crippen LogP contribution < -0.4 is 11.1 Å². The van der Waals surface area contributed by atoms with Gasteiger partial charge in [0.25, 0.3) is 0 Å². The van der Waals surface area contributed by atoms with Crippen LogP contribution in [0.2, 0.25) is 0 Å². The van der Waals surface area contributed by atoms with Crippen molar-refractivity contribution in [2.24, 2.45) is 5.73 Å². The molecule has 0 bridgehead atoms. The van der Waals surface area contributed by atoms with Crippen molar-refractivity contribution in [3.8, 4) is 0 Å². The predicted octanol–water partition coefficient (Wildman–Crippen LogP) is 3.59. The van der Waals surface area contributed by atoms with Crippen LogP contribution in [0.1, 0.15) is 57.1 Å². The van der Waals surface area contributed by atoms with Gasteiger partial charge in [0.1, 0.15) is 0 Å². The fraction of sp³-hybridized carbons (Fsp3) is 0.647. The van der Waals surface area contributed by atoms with Gasteiger partial charge in [-0.15, -0.1) is 0 Å². The quantitative estimate of drug-likeness (QED) is 0.850. The molecule has 2 aliphatic rings. The standard InChI is InChI=1S/C17H26N2/c1-17(2)10-9-12-11-15(7-8-16(12)17)19-14-5-3-13(18)4-6-14/h7-8,11,13-14,19H,3-6,9-10,18H2,1-2H3. The van der Waals surface area contributed by atoms with E-state index in [0.29, 0.717) is 17.5 Å². The molecular weight excluding hydrogens is 232 g/mol. The van der Waals surface area contributed by atoms with E-state index in [1.165, 1.54) is 31.4 Å². The number of rotatable bonds is 2. The molecule has 2 nitrogen and oxygen atoms in total. The van der Waals surface area contributed by atoms with Gasteiger partial charge in [-0.3, -0.25) is 0 Å². The SMILES string of the molecule is CC1(C)CCc2cc(NC3CCC(N)CC3)ccc21. The van der Waals surface area contributed by atoms with Gasteiger partial charge < -0.3 is 11.1 Å². The summed E-state index contributed by atoms with van der Waals surface area (Å²) in [5, 5.41) is 3.70. The molecule has 3 rings (SSSR count). The maximum absolute atomic E-state index is 5.97. The van der Waals surface area contributed by atoms with Crippen molar-refractivity contribution < 1.29 is 0 Å². The molecule has 104 valence electrons. The highest BCUT2D eigenvalue weighted by Gasteiger charge is 2.29. The lowest BCUT2D eigenvalue weighted by Gasteiger charge is -2.28. The van der Waals surface area contributed by atoms with Crippen LogP contribution in [0.25, 0.3) is 0 Å². The number of aryl methyl sites for hydroxylation is 1. The molecule has 1 saturated carbocycles. The minimum absolute atomic E-state index is 0.367. The molecule has 0 aromatic heterocycles. The molecule has 1 fully saturated rings. The third kappa shape index (κ3) is 2.64. The first-order chi connectivity index (χ1) is 9.04. The van der Waals surface area contributed by atoms with Crippen LogP contribution in [0.4, 0.5) is 5.69 Å². The van der Waals surface area contributed by atoms with Gasteiger partial charge >= 0.3 is 0 Å². The lowest BCUT2D eigenvalue weighted by atomic mass is 9.86. The van der Waals surface area contributed by atoms with Gasteiger partial charge in [0.2, 0.25) is 0 Å². The van der Waals surface area contributed by atoms with Gasteiger partial charge in [0.05, 0.1) is 0 Å². The second kappa shape index (κ2) is 4.82. The van der Waals surface area contributed by atoms with E-state index in [1.807, 2.05) is 0 Å². The molecule has 0 unspecified atom stereocenters. The van der Waals surface area contributed by atoms with Crippen LogP contribution in [-0.2, 0) is 11.8 Å². The van der Waals surface area contributed by atoms with Crippen molar-refractivity contribution in [1.29, 1.82) is 0 Å². The lowest BCUT2D eigenvalue weighted by molar-refractivity contribution is 0.411. The first kappa shape index (κ1) is 13.0. The van der Waals surface area contributed by atoms with Crippen LogP contribution >= 0.6 is 0 Å². The minimum Gasteiger partial charge on any atom is -0.382 e. The largest absolute Gasteiger partial charge is 0.382 e. The Labute approximate surface area is 116 Å². The molecular formula is C17H26N2. The Bertz CT molecular complexity index is 456. The second-order valence-electron chi connectivity index (χ2n) is 7.01. The topological polar surface area (TPSA) is 38.0 Å². The fourth-order valence-corrected chi connectivity index (χ4v) is 3.63. The maximum atomic E-state index is 5.97. The monoisotopic (exact) mass is 258 g/mol. The Morgan fingerprint density at radius 1 is 1.16 bits per heavy atom. The highest BCUT2D eigenvalue weighted by molar-refractivity contribution is 5.52. The lowest BCUT2D eigenvalue weighted by Crippen LogP contribution is -2.32. The number of benzene rings is 1. The number of nitrogens with two attached hydrogens (primary N) is 1. The summed E-state index contributed by atoms with van der Waals surface area (Å²) in [5.74, 6) is 0. The Kier molecular flexibility index (Phi) is 3.30. The van der Waals surface area contributed by atoms with E-state index < -0.39 is 0 Å². The molecule has 1 aromatic carbocycles. The summed E-state index contributed by atoms with van der Waals surface area (Å²) in [6, 6.07) is 8.02. The Balaban J connectivity index is 1.70. The zero-order chi connectivity index (χ0) is 13.5. The van der Waals surface area contributed by atoms with Crippen LogP contribution in [0.3, 0.4) is 0 Å². The molecule has 0 radical (unpaired) electrons. The van der Waals surface area contributed by atoms with Gasteiger partial charge in [0.15, 0.2) is 0 Å². The summed E-state index contributed by atoms with van der Waals surface area (Å²) < 4.78 is 0. The zero-order valence-corrected chi connectivity index (χ0v) is 12.2. The summed E-state index contributed by atoms with van der Waals surface area (Å²) in [6.45, 7) is 4.71. The molecule has 0 amide bonds. The highest BCUT2D eigenvalue weighted by Crippen LogP contribution is 2.39. The summed E-state index contributed by atoms with van der Waals surface area (Å²) in [5.41, 5.74) is 10.7. The second-order valence-corrected chi connectivity index (χ2v) is 7.01. The third-order valence-corrected chi connectivity index (χ3v) is 5.00. The normalized spacial score (nSPS) is 29.0. The van der Waals surface area contributed by atoms with E-state index in [9.17, 15) is 0 Å². The highest BCUT2D eigenvalue weighted by atomic mass is 14.9. The molecule has 0 spiro atoms. The van der Waals surface area contributed by atoms with Crippen molar-refractivity contribution in [3.63, 3.8) is 0 Å². The maximum Gasteiger partial charge on any atom is 0.0345 e. The first-order valence-corrected chi connectivity index (χ1v) is 7.70. The Morgan fingerprint density at radius 2 is 1.89 bits per heavy atom. The number of nitrogens with one attached hydrogen (secondary N) is 1. The van der Waals surface area contributed by atoms with Gasteiger partial charge in [-0.1, -0.05) is 19.9 Å². The van der Waals surface area contributed by atoms with Crippen LogP contribution in [-0.4, -0.2) is 12.1 Å². The molecule has 0 heterocycles. The van der Waals surface area contributed by atoms with Crippen molar-refractivity contribution in [2.75, 3.05) is 5.32 Å². The number of hydrogen-bond acceptors (Lipinski definition) is 2. The fourth-order valence-electron chi connectivity index (χ4n) is 3.63. The minimum atomic E-state index is 0.367. The first-order valence-electron chi connectivity index (χ1n) is 7.70. The van der Waals surface area contributed by atoms with E-state index in [-0.39, 0.29) is 0 Å². The Morgan fingerprint density at radius 3 is 2.63 bits per heavy atom. The summed E-state index contributed by atoms with van der Waals surface area (Å²) in [4.78, 5) is 0. The summed E-state index contributed by atoms with van der Waals surface area (Å²) in [6.07, 6.45) is 7.26. The van der Waals surface area contributed by atoms with Gasteiger partial charge in [-0.2, -0.15) is 0 Å². The van der Waals surface area contributed by atoms with E-state index >= 15 is 0 Å². The summed E-state index contributed by atoms with van der Waals surface area (Å²) >= 11 is 0.